The van der Waals surface area contributed by atoms with Crippen molar-refractivity contribution in [2.45, 2.75) is 30.5 Å². The van der Waals surface area contributed by atoms with Crippen LogP contribution in [-0.4, -0.2) is 38.7 Å². The monoisotopic (exact) mass is 428 g/mol. The van der Waals surface area contributed by atoms with E-state index in [1.54, 1.807) is 17.0 Å². The van der Waals surface area contributed by atoms with Gasteiger partial charge in [-0.05, 0) is 43.5 Å². The minimum Gasteiger partial charge on any atom is -0.406 e. The minimum atomic E-state index is -4.94. The van der Waals surface area contributed by atoms with Crippen molar-refractivity contribution in [2.75, 3.05) is 17.8 Å². The van der Waals surface area contributed by atoms with Crippen molar-refractivity contribution in [3.05, 3.63) is 54.1 Å². The number of carbonyl (C=O) groups is 1. The first kappa shape index (κ1) is 21.0. The van der Waals surface area contributed by atoms with Crippen LogP contribution < -0.4 is 9.46 Å². The molecule has 0 radical (unpaired) electrons. The van der Waals surface area contributed by atoms with Gasteiger partial charge < -0.3 is 9.64 Å². The number of halogens is 3. The first-order chi connectivity index (χ1) is 13.7. The lowest BCUT2D eigenvalue weighted by atomic mass is 10.1. The van der Waals surface area contributed by atoms with E-state index in [0.29, 0.717) is 13.1 Å². The van der Waals surface area contributed by atoms with E-state index in [2.05, 4.69) is 9.46 Å². The molecule has 1 N–H and O–H groups in total. The maximum atomic E-state index is 12.8. The summed E-state index contributed by atoms with van der Waals surface area (Å²) in [6.45, 7) is 1.19. The van der Waals surface area contributed by atoms with E-state index in [0.717, 1.165) is 43.5 Å². The van der Waals surface area contributed by atoms with Gasteiger partial charge in [0, 0.05) is 19.2 Å². The van der Waals surface area contributed by atoms with Crippen LogP contribution >= 0.6 is 0 Å². The van der Waals surface area contributed by atoms with Crippen molar-refractivity contribution in [1.82, 2.24) is 4.90 Å². The fraction of sp³-hybridized carbons (Fsp3) is 0.316. The number of para-hydroxylation sites is 1. The number of piperidine rings is 1. The molecule has 0 unspecified atom stereocenters. The smallest absolute Gasteiger partial charge is 0.406 e. The van der Waals surface area contributed by atoms with Crippen molar-refractivity contribution in [1.29, 1.82) is 0 Å². The number of anilines is 1. The average molecular weight is 428 g/mol. The number of hydrogen-bond acceptors (Lipinski definition) is 4. The molecule has 0 aromatic heterocycles. The highest BCUT2D eigenvalue weighted by Gasteiger charge is 2.31. The number of nitrogens with zero attached hydrogens (tertiary/aromatic N) is 1. The second-order valence-electron chi connectivity index (χ2n) is 6.53. The van der Waals surface area contributed by atoms with Gasteiger partial charge in [-0.25, -0.2) is 8.42 Å². The average Bonchev–Trinajstić information content (AvgIpc) is 2.67. The topological polar surface area (TPSA) is 75.7 Å². The number of alkyl halides is 3. The molecule has 0 saturated carbocycles. The van der Waals surface area contributed by atoms with Crippen LogP contribution in [0.2, 0.25) is 0 Å². The molecule has 0 spiro atoms. The predicted molar refractivity (Wildman–Crippen MR) is 100 cm³/mol. The van der Waals surface area contributed by atoms with Crippen molar-refractivity contribution in [2.24, 2.45) is 0 Å². The van der Waals surface area contributed by atoms with Gasteiger partial charge in [0.25, 0.3) is 15.9 Å². The zero-order chi connectivity index (χ0) is 21.1. The first-order valence-corrected chi connectivity index (χ1v) is 10.4. The number of nitrogens with one attached hydrogen (secondary N) is 1. The minimum absolute atomic E-state index is 0.0604. The third-order valence-corrected chi connectivity index (χ3v) is 5.76. The predicted octanol–water partition coefficient (Wildman–Crippen LogP) is 4.01. The van der Waals surface area contributed by atoms with Crippen LogP contribution in [0.3, 0.4) is 0 Å². The number of benzene rings is 2. The van der Waals surface area contributed by atoms with Crippen LogP contribution in [0.15, 0.2) is 53.4 Å². The third-order valence-electron chi connectivity index (χ3n) is 4.39. The number of rotatable bonds is 5. The standard InChI is InChI=1S/C19H19F3N2O4S/c20-19(21,22)28-14-7-6-8-15(13-14)29(26,27)23-17-10-3-2-9-16(17)18(25)24-11-4-1-5-12-24/h2-3,6-10,13,23H,1,4-5,11-12H2. The number of amides is 1. The van der Waals surface area contributed by atoms with Crippen LogP contribution in [-0.2, 0) is 10.0 Å². The van der Waals surface area contributed by atoms with Gasteiger partial charge in [0.2, 0.25) is 0 Å². The highest BCUT2D eigenvalue weighted by molar-refractivity contribution is 7.92. The molecular formula is C19H19F3N2O4S. The molecule has 1 amide bonds. The number of hydrogen-bond donors (Lipinski definition) is 1. The number of likely N-dealkylation sites (tertiary alicyclic amines) is 1. The normalized spacial score (nSPS) is 15.1. The Morgan fingerprint density at radius 2 is 1.69 bits per heavy atom. The zero-order valence-electron chi connectivity index (χ0n) is 15.3. The van der Waals surface area contributed by atoms with Gasteiger partial charge in [0.15, 0.2) is 0 Å². The van der Waals surface area contributed by atoms with Crippen molar-refractivity contribution < 1.29 is 31.1 Å². The molecule has 0 aliphatic carbocycles. The summed E-state index contributed by atoms with van der Waals surface area (Å²) in [4.78, 5) is 14.0. The molecule has 0 bridgehead atoms. The molecule has 1 heterocycles. The lowest BCUT2D eigenvalue weighted by molar-refractivity contribution is -0.274. The molecule has 1 saturated heterocycles. The molecule has 1 fully saturated rings. The summed E-state index contributed by atoms with van der Waals surface area (Å²) in [6.07, 6.45) is -2.14. The lowest BCUT2D eigenvalue weighted by Gasteiger charge is -2.27. The second-order valence-corrected chi connectivity index (χ2v) is 8.21. The Hall–Kier alpha value is -2.75. The molecule has 1 aliphatic rings. The van der Waals surface area contributed by atoms with E-state index < -0.39 is 27.0 Å². The zero-order valence-corrected chi connectivity index (χ0v) is 16.1. The molecule has 3 rings (SSSR count). The fourth-order valence-corrected chi connectivity index (χ4v) is 4.18. The largest absolute Gasteiger partial charge is 0.573 e. The van der Waals surface area contributed by atoms with Gasteiger partial charge in [-0.15, -0.1) is 13.2 Å². The summed E-state index contributed by atoms with van der Waals surface area (Å²) in [5.74, 6) is -0.949. The van der Waals surface area contributed by atoms with E-state index in [1.807, 2.05) is 0 Å². The molecule has 2 aromatic carbocycles. The summed E-state index contributed by atoms with van der Waals surface area (Å²) >= 11 is 0. The van der Waals surface area contributed by atoms with Crippen LogP contribution in [0, 0.1) is 0 Å². The van der Waals surface area contributed by atoms with Gasteiger partial charge in [-0.1, -0.05) is 18.2 Å². The SMILES string of the molecule is O=C(c1ccccc1NS(=O)(=O)c1cccc(OC(F)(F)F)c1)N1CCCCC1. The van der Waals surface area contributed by atoms with Crippen molar-refractivity contribution in [3.63, 3.8) is 0 Å². The lowest BCUT2D eigenvalue weighted by Crippen LogP contribution is -2.36. The van der Waals surface area contributed by atoms with Crippen LogP contribution in [0.4, 0.5) is 18.9 Å². The summed E-state index contributed by atoms with van der Waals surface area (Å²) in [6, 6.07) is 10.2. The van der Waals surface area contributed by atoms with Crippen molar-refractivity contribution >= 4 is 21.6 Å². The van der Waals surface area contributed by atoms with E-state index >= 15 is 0 Å². The van der Waals surface area contributed by atoms with Gasteiger partial charge in [0.05, 0.1) is 16.1 Å². The van der Waals surface area contributed by atoms with E-state index in [1.165, 1.54) is 12.1 Å². The van der Waals surface area contributed by atoms with Gasteiger partial charge >= 0.3 is 6.36 Å². The molecule has 0 atom stereocenters. The fourth-order valence-electron chi connectivity index (χ4n) is 3.07. The van der Waals surface area contributed by atoms with E-state index in [-0.39, 0.29) is 17.2 Å². The Kier molecular flexibility index (Phi) is 6.02. The first-order valence-electron chi connectivity index (χ1n) is 8.93. The number of ether oxygens (including phenoxy) is 1. The molecule has 156 valence electrons. The molecule has 2 aromatic rings. The Morgan fingerprint density at radius 3 is 2.38 bits per heavy atom. The molecule has 10 heteroatoms. The Morgan fingerprint density at radius 1 is 1.00 bits per heavy atom. The maximum Gasteiger partial charge on any atom is 0.573 e. The number of sulfonamides is 1. The molecule has 6 nitrogen and oxygen atoms in total. The van der Waals surface area contributed by atoms with Gasteiger partial charge in [0.1, 0.15) is 5.75 Å². The number of carbonyl (C=O) groups excluding carboxylic acids is 1. The third kappa shape index (κ3) is 5.41. The van der Waals surface area contributed by atoms with E-state index in [4.69, 9.17) is 0 Å². The Balaban J connectivity index is 1.86. The highest BCUT2D eigenvalue weighted by atomic mass is 32.2. The maximum absolute atomic E-state index is 12.8. The summed E-state index contributed by atoms with van der Waals surface area (Å²) < 4.78 is 68.7. The quantitative estimate of drug-likeness (QED) is 0.781. The Bertz CT molecular complexity index is 987. The van der Waals surface area contributed by atoms with Crippen LogP contribution in [0.1, 0.15) is 29.6 Å². The molecular weight excluding hydrogens is 409 g/mol. The second kappa shape index (κ2) is 8.32. The summed E-state index contributed by atoms with van der Waals surface area (Å²) in [5.41, 5.74) is 0.242. The summed E-state index contributed by atoms with van der Waals surface area (Å²) in [5, 5.41) is 0. The van der Waals surface area contributed by atoms with Crippen molar-refractivity contribution in [3.8, 4) is 5.75 Å². The van der Waals surface area contributed by atoms with Gasteiger partial charge in [-0.3, -0.25) is 9.52 Å². The highest BCUT2D eigenvalue weighted by Crippen LogP contribution is 2.27. The van der Waals surface area contributed by atoms with Crippen LogP contribution in [0.25, 0.3) is 0 Å². The molecule has 29 heavy (non-hydrogen) atoms. The molecule has 1 aliphatic heterocycles. The van der Waals surface area contributed by atoms with Gasteiger partial charge in [-0.2, -0.15) is 0 Å². The van der Waals surface area contributed by atoms with Crippen LogP contribution in [0.5, 0.6) is 5.75 Å². The van der Waals surface area contributed by atoms with E-state index in [9.17, 15) is 26.4 Å². The summed E-state index contributed by atoms with van der Waals surface area (Å²) in [7, 11) is -4.25. The Labute approximate surface area is 166 Å².